The number of amides is 1. The number of carbonyl (C=O) groups excluding carboxylic acids is 1. The van der Waals surface area contributed by atoms with Gasteiger partial charge in [0.15, 0.2) is 0 Å². The van der Waals surface area contributed by atoms with Crippen LogP contribution in [0.1, 0.15) is 44.1 Å². The average Bonchev–Trinajstić information content (AvgIpc) is 3.17. The number of ether oxygens (including phenoxy) is 2. The number of rotatable bonds is 7. The molecule has 1 aliphatic heterocycles. The molecule has 3 aromatic rings. The van der Waals surface area contributed by atoms with E-state index >= 15 is 0 Å². The van der Waals surface area contributed by atoms with Crippen molar-refractivity contribution in [2.24, 2.45) is 0 Å². The van der Waals surface area contributed by atoms with Crippen LogP contribution < -0.4 is 14.8 Å². The number of anilines is 1. The largest absolute Gasteiger partial charge is 0.493 e. The monoisotopic (exact) mass is 445 g/mol. The van der Waals surface area contributed by atoms with Gasteiger partial charge in [0.1, 0.15) is 11.5 Å². The third kappa shape index (κ3) is 5.00. The van der Waals surface area contributed by atoms with Gasteiger partial charge in [-0.3, -0.25) is 9.59 Å². The first-order valence-corrected chi connectivity index (χ1v) is 10.9. The van der Waals surface area contributed by atoms with Crippen LogP contribution in [0.15, 0.2) is 54.6 Å². The molecule has 6 nitrogen and oxygen atoms in total. The van der Waals surface area contributed by atoms with E-state index < -0.39 is 5.97 Å². The van der Waals surface area contributed by atoms with Gasteiger partial charge in [0.05, 0.1) is 25.6 Å². The van der Waals surface area contributed by atoms with Crippen molar-refractivity contribution in [3.63, 3.8) is 0 Å². The summed E-state index contributed by atoms with van der Waals surface area (Å²) in [7, 11) is 0. The molecule has 0 saturated heterocycles. The van der Waals surface area contributed by atoms with Crippen molar-refractivity contribution >= 4 is 17.6 Å². The summed E-state index contributed by atoms with van der Waals surface area (Å²) >= 11 is 0. The van der Waals surface area contributed by atoms with Crippen molar-refractivity contribution in [2.75, 3.05) is 18.5 Å². The van der Waals surface area contributed by atoms with E-state index in [2.05, 4.69) is 11.4 Å². The van der Waals surface area contributed by atoms with Crippen molar-refractivity contribution in [1.82, 2.24) is 0 Å². The Balaban J connectivity index is 1.47. The third-order valence-corrected chi connectivity index (χ3v) is 5.89. The molecule has 0 radical (unpaired) electrons. The molecule has 33 heavy (non-hydrogen) atoms. The summed E-state index contributed by atoms with van der Waals surface area (Å²) in [6, 6.07) is 17.0. The van der Waals surface area contributed by atoms with Crippen molar-refractivity contribution < 1.29 is 24.2 Å². The van der Waals surface area contributed by atoms with Crippen LogP contribution in [0, 0.1) is 20.8 Å². The zero-order chi connectivity index (χ0) is 23.5. The number of carboxylic acids is 1. The summed E-state index contributed by atoms with van der Waals surface area (Å²) in [6.07, 6.45) is -0.0935. The molecule has 6 heteroatoms. The minimum atomic E-state index is -0.911. The number of nitrogens with one attached hydrogen (secondary N) is 1. The number of hydrogen-bond donors (Lipinski definition) is 2. The Kier molecular flexibility index (Phi) is 6.36. The second-order valence-corrected chi connectivity index (χ2v) is 8.46. The maximum absolute atomic E-state index is 13.1. The highest BCUT2D eigenvalue weighted by atomic mass is 16.5. The molecule has 4 rings (SSSR count). The number of carbonyl (C=O) groups is 2. The molecule has 1 amide bonds. The molecule has 3 aromatic carbocycles. The summed E-state index contributed by atoms with van der Waals surface area (Å²) in [5.74, 6) is 0.654. The van der Waals surface area contributed by atoms with E-state index in [9.17, 15) is 9.59 Å². The molecule has 1 heterocycles. The van der Waals surface area contributed by atoms with Gasteiger partial charge in [0.2, 0.25) is 0 Å². The highest BCUT2D eigenvalue weighted by Crippen LogP contribution is 2.34. The van der Waals surface area contributed by atoms with Crippen molar-refractivity contribution in [3.8, 4) is 11.5 Å². The van der Waals surface area contributed by atoms with E-state index in [0.29, 0.717) is 35.8 Å². The van der Waals surface area contributed by atoms with Crippen LogP contribution in [-0.2, 0) is 11.2 Å². The first kappa shape index (κ1) is 22.4. The fraction of sp³-hybridized carbons (Fsp3) is 0.259. The van der Waals surface area contributed by atoms with Crippen LogP contribution in [0.4, 0.5) is 5.69 Å². The molecule has 1 atom stereocenters. The fourth-order valence-corrected chi connectivity index (χ4v) is 4.20. The number of para-hydroxylation sites is 1. The number of fused-ring (bicyclic) bond motifs is 1. The summed E-state index contributed by atoms with van der Waals surface area (Å²) in [5.41, 5.74) is 5.47. The molecule has 0 unspecified atom stereocenters. The second kappa shape index (κ2) is 9.36. The molecule has 0 fully saturated rings. The lowest BCUT2D eigenvalue weighted by Gasteiger charge is -2.16. The molecule has 1 aliphatic rings. The summed E-state index contributed by atoms with van der Waals surface area (Å²) in [4.78, 5) is 24.1. The Hall–Kier alpha value is -3.80. The van der Waals surface area contributed by atoms with Crippen LogP contribution in [-0.4, -0.2) is 30.2 Å². The minimum absolute atomic E-state index is 0.0935. The lowest BCUT2D eigenvalue weighted by molar-refractivity contribution is -0.136. The predicted octanol–water partition coefficient (Wildman–Crippen LogP) is 5.05. The number of aliphatic carboxylic acids is 1. The van der Waals surface area contributed by atoms with Crippen molar-refractivity contribution in [3.05, 3.63) is 88.0 Å². The Morgan fingerprint density at radius 2 is 1.76 bits per heavy atom. The molecular weight excluding hydrogens is 418 g/mol. The fourth-order valence-electron chi connectivity index (χ4n) is 4.20. The smallest absolute Gasteiger partial charge is 0.307 e. The van der Waals surface area contributed by atoms with E-state index in [-0.39, 0.29) is 18.2 Å². The quantitative estimate of drug-likeness (QED) is 0.532. The second-order valence-electron chi connectivity index (χ2n) is 8.46. The zero-order valence-electron chi connectivity index (χ0n) is 19.0. The van der Waals surface area contributed by atoms with E-state index in [0.717, 1.165) is 28.0 Å². The van der Waals surface area contributed by atoms with Crippen LogP contribution in [0.5, 0.6) is 11.5 Å². The molecule has 0 saturated carbocycles. The summed E-state index contributed by atoms with van der Waals surface area (Å²) in [6.45, 7) is 6.74. The van der Waals surface area contributed by atoms with Gasteiger partial charge in [0, 0.05) is 16.8 Å². The standard InChI is InChI=1S/C27H27NO5/c1-16-8-9-19(13-25(29)30)12-23(16)28-27(31)26-17(2)10-21(11-18(26)3)32-14-20-15-33-24-7-5-4-6-22(20)24/h4-12,20H,13-15H2,1-3H3,(H,28,31)(H,29,30)/t20-/m1/s1. The molecule has 0 aromatic heterocycles. The topological polar surface area (TPSA) is 84.9 Å². The lowest BCUT2D eigenvalue weighted by Crippen LogP contribution is -2.17. The van der Waals surface area contributed by atoms with Gasteiger partial charge < -0.3 is 19.9 Å². The molecular formula is C27H27NO5. The first-order valence-electron chi connectivity index (χ1n) is 10.9. The maximum Gasteiger partial charge on any atom is 0.307 e. The van der Waals surface area contributed by atoms with Gasteiger partial charge in [0.25, 0.3) is 5.91 Å². The molecule has 0 spiro atoms. The molecule has 0 bridgehead atoms. The van der Waals surface area contributed by atoms with Crippen molar-refractivity contribution in [2.45, 2.75) is 33.1 Å². The SMILES string of the molecule is Cc1ccc(CC(=O)O)cc1NC(=O)c1c(C)cc(OC[C@@H]2COc3ccccc32)cc1C. The highest BCUT2D eigenvalue weighted by molar-refractivity contribution is 6.06. The van der Waals surface area contributed by atoms with Gasteiger partial charge in [-0.15, -0.1) is 0 Å². The predicted molar refractivity (Wildman–Crippen MR) is 127 cm³/mol. The zero-order valence-corrected chi connectivity index (χ0v) is 19.0. The Morgan fingerprint density at radius 1 is 1.03 bits per heavy atom. The van der Waals surface area contributed by atoms with Gasteiger partial charge >= 0.3 is 5.97 Å². The van der Waals surface area contributed by atoms with Gasteiger partial charge in [-0.2, -0.15) is 0 Å². The van der Waals surface area contributed by atoms with Crippen LogP contribution in [0.25, 0.3) is 0 Å². The highest BCUT2D eigenvalue weighted by Gasteiger charge is 2.24. The number of carboxylic acid groups (broad SMARTS) is 1. The first-order chi connectivity index (χ1) is 15.8. The van der Waals surface area contributed by atoms with Crippen molar-refractivity contribution in [1.29, 1.82) is 0 Å². The summed E-state index contributed by atoms with van der Waals surface area (Å²) in [5, 5.41) is 12.0. The number of benzene rings is 3. The number of hydrogen-bond acceptors (Lipinski definition) is 4. The normalized spacial score (nSPS) is 14.3. The minimum Gasteiger partial charge on any atom is -0.493 e. The summed E-state index contributed by atoms with van der Waals surface area (Å²) < 4.78 is 11.8. The third-order valence-electron chi connectivity index (χ3n) is 5.89. The van der Waals surface area contributed by atoms with E-state index in [1.165, 1.54) is 0 Å². The van der Waals surface area contributed by atoms with Gasteiger partial charge in [-0.05, 0) is 67.3 Å². The molecule has 170 valence electrons. The average molecular weight is 446 g/mol. The Morgan fingerprint density at radius 3 is 2.48 bits per heavy atom. The van der Waals surface area contributed by atoms with E-state index in [1.807, 2.05) is 57.2 Å². The maximum atomic E-state index is 13.1. The van der Waals surface area contributed by atoms with Crippen LogP contribution in [0.3, 0.4) is 0 Å². The van der Waals surface area contributed by atoms with Crippen LogP contribution in [0.2, 0.25) is 0 Å². The van der Waals surface area contributed by atoms with Gasteiger partial charge in [-0.25, -0.2) is 0 Å². The van der Waals surface area contributed by atoms with Crippen LogP contribution >= 0.6 is 0 Å². The number of aryl methyl sites for hydroxylation is 3. The Bertz CT molecular complexity index is 1190. The lowest BCUT2D eigenvalue weighted by atomic mass is 10.0. The Labute approximate surface area is 193 Å². The molecule has 0 aliphatic carbocycles. The van der Waals surface area contributed by atoms with Gasteiger partial charge in [-0.1, -0.05) is 30.3 Å². The van der Waals surface area contributed by atoms with E-state index in [1.54, 1.807) is 12.1 Å². The van der Waals surface area contributed by atoms with E-state index in [4.69, 9.17) is 14.6 Å². The molecule has 2 N–H and O–H groups in total.